The van der Waals surface area contributed by atoms with Gasteiger partial charge in [0.05, 0.1) is 12.8 Å². The Morgan fingerprint density at radius 1 is 1.14 bits per heavy atom. The van der Waals surface area contributed by atoms with E-state index >= 15 is 0 Å². The van der Waals surface area contributed by atoms with Crippen LogP contribution in [0, 0.1) is 6.92 Å². The summed E-state index contributed by atoms with van der Waals surface area (Å²) in [5.41, 5.74) is 3.82. The molecule has 0 saturated carbocycles. The number of nitrogens with one attached hydrogen (secondary N) is 2. The summed E-state index contributed by atoms with van der Waals surface area (Å²) in [7, 11) is 1.53. The van der Waals surface area contributed by atoms with Gasteiger partial charge in [-0.15, -0.1) is 0 Å². The van der Waals surface area contributed by atoms with Crippen LogP contribution < -0.4 is 15.4 Å². The molecule has 0 bridgehead atoms. The topological polar surface area (TPSA) is 63.2 Å². The maximum atomic E-state index is 12.6. The molecule has 1 aromatic heterocycles. The Hall–Kier alpha value is -3.05. The maximum absolute atomic E-state index is 12.6. The first-order valence-electron chi connectivity index (χ1n) is 8.96. The number of hydrogen-bond donors (Lipinski definition) is 2. The third-order valence-corrected chi connectivity index (χ3v) is 4.71. The number of aryl methyl sites for hydroxylation is 1. The molecule has 0 saturated heterocycles. The summed E-state index contributed by atoms with van der Waals surface area (Å²) in [6.07, 6.45) is 2.51. The third-order valence-electron chi connectivity index (χ3n) is 4.31. The van der Waals surface area contributed by atoms with Crippen LogP contribution in [0.4, 0.5) is 11.4 Å². The van der Waals surface area contributed by atoms with Crippen LogP contribution in [0.3, 0.4) is 0 Å². The molecule has 0 atom stereocenters. The molecule has 1 heterocycles. The number of pyridine rings is 1. The number of nitrogens with zero attached hydrogens (tertiary/aromatic N) is 1. The van der Waals surface area contributed by atoms with Crippen LogP contribution in [0.25, 0.3) is 0 Å². The molecule has 0 spiro atoms. The number of carbonyl (C=O) groups is 1. The van der Waals surface area contributed by atoms with Gasteiger partial charge in [-0.25, -0.2) is 0 Å². The van der Waals surface area contributed by atoms with Gasteiger partial charge in [-0.05, 0) is 42.7 Å². The van der Waals surface area contributed by atoms with Crippen molar-refractivity contribution in [1.29, 1.82) is 0 Å². The van der Waals surface area contributed by atoms with Gasteiger partial charge in [-0.3, -0.25) is 9.78 Å². The van der Waals surface area contributed by atoms with Crippen molar-refractivity contribution < 1.29 is 9.53 Å². The van der Waals surface area contributed by atoms with E-state index in [-0.39, 0.29) is 5.91 Å². The smallest absolute Gasteiger partial charge is 0.274 e. The number of halogens is 1. The molecule has 0 fully saturated rings. The number of anilines is 2. The van der Waals surface area contributed by atoms with Gasteiger partial charge in [0.1, 0.15) is 11.4 Å². The van der Waals surface area contributed by atoms with E-state index in [1.807, 2.05) is 31.2 Å². The predicted octanol–water partition coefficient (Wildman–Crippen LogP) is 4.96. The van der Waals surface area contributed by atoms with E-state index in [1.165, 1.54) is 12.7 Å². The fraction of sp³-hybridized carbons (Fsp3) is 0.182. The van der Waals surface area contributed by atoms with Gasteiger partial charge in [0.2, 0.25) is 0 Å². The van der Waals surface area contributed by atoms with Crippen LogP contribution in [0.5, 0.6) is 5.75 Å². The summed E-state index contributed by atoms with van der Waals surface area (Å²) < 4.78 is 5.30. The highest BCUT2D eigenvalue weighted by atomic mass is 35.5. The SMILES string of the molecule is COc1cc(Cl)c(C)cc1NC(=O)c1cc(NCCc2ccccc2)ccn1. The Morgan fingerprint density at radius 2 is 1.93 bits per heavy atom. The molecule has 144 valence electrons. The Bertz CT molecular complexity index is 961. The molecule has 5 nitrogen and oxygen atoms in total. The molecule has 6 heteroatoms. The Kier molecular flexibility index (Phi) is 6.50. The lowest BCUT2D eigenvalue weighted by atomic mass is 10.1. The number of ether oxygens (including phenoxy) is 1. The summed E-state index contributed by atoms with van der Waals surface area (Å²) in [6.45, 7) is 2.63. The molecule has 0 aliphatic rings. The predicted molar refractivity (Wildman–Crippen MR) is 114 cm³/mol. The van der Waals surface area contributed by atoms with Gasteiger partial charge in [0, 0.05) is 29.5 Å². The fourth-order valence-electron chi connectivity index (χ4n) is 2.78. The molecule has 0 aliphatic carbocycles. The summed E-state index contributed by atoms with van der Waals surface area (Å²) >= 11 is 6.12. The van der Waals surface area contributed by atoms with Crippen molar-refractivity contribution in [3.8, 4) is 5.75 Å². The van der Waals surface area contributed by atoms with Crippen LogP contribution in [-0.2, 0) is 6.42 Å². The van der Waals surface area contributed by atoms with Crippen molar-refractivity contribution in [2.45, 2.75) is 13.3 Å². The van der Waals surface area contributed by atoms with Crippen LogP contribution in [0.15, 0.2) is 60.8 Å². The maximum Gasteiger partial charge on any atom is 0.274 e. The lowest BCUT2D eigenvalue weighted by molar-refractivity contribution is 0.102. The van der Waals surface area contributed by atoms with Crippen molar-refractivity contribution in [3.05, 3.63) is 82.6 Å². The number of rotatable bonds is 7. The van der Waals surface area contributed by atoms with E-state index < -0.39 is 0 Å². The van der Waals surface area contributed by atoms with Crippen LogP contribution >= 0.6 is 11.6 Å². The molecule has 2 aromatic carbocycles. The van der Waals surface area contributed by atoms with Gasteiger partial charge in [0.15, 0.2) is 0 Å². The number of methoxy groups -OCH3 is 1. The molecule has 0 aliphatic heterocycles. The van der Waals surface area contributed by atoms with Crippen LogP contribution in [-0.4, -0.2) is 24.5 Å². The minimum atomic E-state index is -0.313. The third kappa shape index (κ3) is 5.02. The average Bonchev–Trinajstić information content (AvgIpc) is 2.71. The largest absolute Gasteiger partial charge is 0.495 e. The van der Waals surface area contributed by atoms with Gasteiger partial charge in [-0.2, -0.15) is 0 Å². The van der Waals surface area contributed by atoms with E-state index in [0.717, 1.165) is 24.2 Å². The van der Waals surface area contributed by atoms with Gasteiger partial charge in [-0.1, -0.05) is 41.9 Å². The Morgan fingerprint density at radius 3 is 2.68 bits per heavy atom. The van der Waals surface area contributed by atoms with E-state index in [2.05, 4.69) is 27.8 Å². The second-order valence-electron chi connectivity index (χ2n) is 6.35. The quantitative estimate of drug-likeness (QED) is 0.593. The molecule has 2 N–H and O–H groups in total. The van der Waals surface area contributed by atoms with Gasteiger partial charge >= 0.3 is 0 Å². The molecule has 3 rings (SSSR count). The monoisotopic (exact) mass is 395 g/mol. The molecular formula is C22H22ClN3O2. The van der Waals surface area contributed by atoms with Gasteiger partial charge in [0.25, 0.3) is 5.91 Å². The first kappa shape index (κ1) is 19.7. The van der Waals surface area contributed by atoms with Crippen molar-refractivity contribution >= 4 is 28.9 Å². The molecule has 28 heavy (non-hydrogen) atoms. The lowest BCUT2D eigenvalue weighted by Crippen LogP contribution is -2.15. The highest BCUT2D eigenvalue weighted by molar-refractivity contribution is 6.31. The number of aromatic nitrogens is 1. The summed E-state index contributed by atoms with van der Waals surface area (Å²) in [6, 6.07) is 17.3. The molecule has 0 unspecified atom stereocenters. The second kappa shape index (κ2) is 9.24. The Labute approximate surface area is 169 Å². The molecule has 0 radical (unpaired) electrons. The van der Waals surface area contributed by atoms with Crippen molar-refractivity contribution in [2.24, 2.45) is 0 Å². The van der Waals surface area contributed by atoms with E-state index in [1.54, 1.807) is 24.4 Å². The van der Waals surface area contributed by atoms with Crippen molar-refractivity contribution in [2.75, 3.05) is 24.3 Å². The van der Waals surface area contributed by atoms with E-state index in [9.17, 15) is 4.79 Å². The summed E-state index contributed by atoms with van der Waals surface area (Å²) in [5.74, 6) is 0.188. The first-order valence-corrected chi connectivity index (χ1v) is 9.34. The normalized spacial score (nSPS) is 10.4. The zero-order valence-corrected chi connectivity index (χ0v) is 16.6. The van der Waals surface area contributed by atoms with Crippen LogP contribution in [0.2, 0.25) is 5.02 Å². The minimum Gasteiger partial charge on any atom is -0.495 e. The Balaban J connectivity index is 1.66. The highest BCUT2D eigenvalue weighted by Gasteiger charge is 2.13. The zero-order valence-electron chi connectivity index (χ0n) is 15.8. The molecule has 1 amide bonds. The van der Waals surface area contributed by atoms with Gasteiger partial charge < -0.3 is 15.4 Å². The van der Waals surface area contributed by atoms with Crippen molar-refractivity contribution in [1.82, 2.24) is 4.98 Å². The van der Waals surface area contributed by atoms with E-state index in [0.29, 0.717) is 22.2 Å². The average molecular weight is 396 g/mol. The summed E-state index contributed by atoms with van der Waals surface area (Å²) in [4.78, 5) is 16.8. The number of hydrogen-bond acceptors (Lipinski definition) is 4. The number of benzene rings is 2. The second-order valence-corrected chi connectivity index (χ2v) is 6.76. The number of amides is 1. The molecular weight excluding hydrogens is 374 g/mol. The van der Waals surface area contributed by atoms with Crippen molar-refractivity contribution in [3.63, 3.8) is 0 Å². The lowest BCUT2D eigenvalue weighted by Gasteiger charge is -2.12. The highest BCUT2D eigenvalue weighted by Crippen LogP contribution is 2.31. The molecule has 3 aromatic rings. The number of carbonyl (C=O) groups excluding carboxylic acids is 1. The summed E-state index contributed by atoms with van der Waals surface area (Å²) in [5, 5.41) is 6.75. The standard InChI is InChI=1S/C22H22ClN3O2/c1-15-12-19(21(28-2)14-18(15)23)26-22(27)20-13-17(9-11-25-20)24-10-8-16-6-4-3-5-7-16/h3-7,9,11-14H,8,10H2,1-2H3,(H,24,25)(H,26,27). The van der Waals surface area contributed by atoms with E-state index in [4.69, 9.17) is 16.3 Å². The van der Waals surface area contributed by atoms with Crippen LogP contribution in [0.1, 0.15) is 21.6 Å². The minimum absolute atomic E-state index is 0.313. The fourth-order valence-corrected chi connectivity index (χ4v) is 2.93. The first-order chi connectivity index (χ1) is 13.6. The zero-order chi connectivity index (χ0) is 19.9.